The monoisotopic (exact) mass is 526 g/mol. The largest absolute Gasteiger partial charge is 0.508 e. The summed E-state index contributed by atoms with van der Waals surface area (Å²) in [4.78, 5) is 10.7. The molecular formula is C33H34O6. The molecule has 0 heterocycles. The molecule has 0 amide bonds. The Morgan fingerprint density at radius 1 is 0.436 bits per heavy atom. The number of para-hydroxylation sites is 5. The van der Waals surface area contributed by atoms with Crippen LogP contribution in [-0.4, -0.2) is 31.3 Å². The number of hydrogen-bond donors (Lipinski definition) is 5. The molecule has 0 fully saturated rings. The number of carbonyl (C=O) groups excluding carboxylic acids is 1. The summed E-state index contributed by atoms with van der Waals surface area (Å²) < 4.78 is 0. The Hall–Kier alpha value is -5.23. The average molecular weight is 527 g/mol. The van der Waals surface area contributed by atoms with Crippen molar-refractivity contribution in [1.29, 1.82) is 0 Å². The summed E-state index contributed by atoms with van der Waals surface area (Å²) in [5.41, 5.74) is 0.694. The van der Waals surface area contributed by atoms with Crippen molar-refractivity contribution in [2.24, 2.45) is 0 Å². The van der Waals surface area contributed by atoms with Gasteiger partial charge in [0, 0.05) is 12.0 Å². The molecule has 0 unspecified atom stereocenters. The minimum Gasteiger partial charge on any atom is -0.508 e. The maximum Gasteiger partial charge on any atom is 0.134 e. The predicted molar refractivity (Wildman–Crippen MR) is 155 cm³/mol. The van der Waals surface area contributed by atoms with Gasteiger partial charge in [0.15, 0.2) is 0 Å². The lowest BCUT2D eigenvalue weighted by Crippen LogP contribution is -1.95. The van der Waals surface area contributed by atoms with Gasteiger partial charge in [-0.05, 0) is 61.5 Å². The van der Waals surface area contributed by atoms with Crippen molar-refractivity contribution in [3.05, 3.63) is 151 Å². The number of Topliss-reactive ketones (excluding diaryl/α,β-unsaturated/α-hetero) is 1. The third kappa shape index (κ3) is 17.8. The molecule has 0 bridgehead atoms. The third-order valence-electron chi connectivity index (χ3n) is 4.46. The Kier molecular flexibility index (Phi) is 16.2. The third-order valence-corrected chi connectivity index (χ3v) is 4.46. The van der Waals surface area contributed by atoms with Crippen molar-refractivity contribution in [1.82, 2.24) is 0 Å². The van der Waals surface area contributed by atoms with E-state index in [1.54, 1.807) is 121 Å². The number of carbonyl (C=O) groups is 1. The van der Waals surface area contributed by atoms with Crippen molar-refractivity contribution < 1.29 is 30.3 Å². The molecule has 0 saturated carbocycles. The predicted octanol–water partition coefficient (Wildman–Crippen LogP) is 7.09. The lowest BCUT2D eigenvalue weighted by molar-refractivity contribution is -0.116. The molecule has 0 aliphatic carbocycles. The maximum atomic E-state index is 10.7. The van der Waals surface area contributed by atoms with Crippen LogP contribution in [0.15, 0.2) is 146 Å². The van der Waals surface area contributed by atoms with Gasteiger partial charge in [0.1, 0.15) is 34.5 Å². The number of benzene rings is 5. The summed E-state index contributed by atoms with van der Waals surface area (Å²) in [7, 11) is 0. The molecule has 5 aromatic rings. The van der Waals surface area contributed by atoms with E-state index in [9.17, 15) is 9.90 Å². The van der Waals surface area contributed by atoms with Gasteiger partial charge in [0.2, 0.25) is 0 Å². The first kappa shape index (κ1) is 31.8. The van der Waals surface area contributed by atoms with E-state index in [1.807, 2.05) is 24.3 Å². The highest BCUT2D eigenvalue weighted by molar-refractivity contribution is 5.78. The summed E-state index contributed by atoms with van der Waals surface area (Å²) in [6.45, 7) is 1.51. The quantitative estimate of drug-likeness (QED) is 0.168. The zero-order valence-corrected chi connectivity index (χ0v) is 21.7. The van der Waals surface area contributed by atoms with Crippen LogP contribution in [0.1, 0.15) is 12.5 Å². The van der Waals surface area contributed by atoms with Crippen LogP contribution in [-0.2, 0) is 11.2 Å². The van der Waals surface area contributed by atoms with Crippen LogP contribution in [0.3, 0.4) is 0 Å². The van der Waals surface area contributed by atoms with Gasteiger partial charge in [-0.2, -0.15) is 0 Å². The van der Waals surface area contributed by atoms with E-state index in [0.29, 0.717) is 35.0 Å². The Balaban J connectivity index is 0.000000247. The molecule has 6 nitrogen and oxygen atoms in total. The fourth-order valence-corrected chi connectivity index (χ4v) is 2.64. The summed E-state index contributed by atoms with van der Waals surface area (Å²) in [6.07, 6.45) is 0.312. The number of rotatable bonds is 2. The first-order valence-corrected chi connectivity index (χ1v) is 12.0. The van der Waals surface area contributed by atoms with E-state index in [1.165, 1.54) is 6.92 Å². The van der Waals surface area contributed by atoms with E-state index in [-0.39, 0.29) is 11.5 Å². The normalized spacial score (nSPS) is 8.85. The van der Waals surface area contributed by atoms with Gasteiger partial charge in [0.25, 0.3) is 0 Å². The van der Waals surface area contributed by atoms with Crippen molar-refractivity contribution in [2.45, 2.75) is 13.3 Å². The van der Waals surface area contributed by atoms with Gasteiger partial charge in [0.05, 0.1) is 0 Å². The van der Waals surface area contributed by atoms with Crippen LogP contribution in [0.4, 0.5) is 0 Å². The van der Waals surface area contributed by atoms with E-state index >= 15 is 0 Å². The lowest BCUT2D eigenvalue weighted by atomic mass is 10.1. The van der Waals surface area contributed by atoms with Gasteiger partial charge < -0.3 is 25.5 Å². The summed E-state index contributed by atoms with van der Waals surface area (Å²) >= 11 is 0. The van der Waals surface area contributed by atoms with Crippen LogP contribution in [0, 0.1) is 0 Å². The maximum absolute atomic E-state index is 10.7. The molecule has 5 rings (SSSR count). The molecule has 0 spiro atoms. The van der Waals surface area contributed by atoms with Crippen LogP contribution in [0.2, 0.25) is 0 Å². The molecule has 5 aromatic carbocycles. The molecule has 202 valence electrons. The Morgan fingerprint density at radius 3 is 0.897 bits per heavy atom. The number of phenolic OH excluding ortho intramolecular Hbond substituents is 5. The highest BCUT2D eigenvalue weighted by Gasteiger charge is 2.01. The second-order valence-corrected chi connectivity index (χ2v) is 7.85. The topological polar surface area (TPSA) is 118 Å². The van der Waals surface area contributed by atoms with Crippen molar-refractivity contribution in [3.63, 3.8) is 0 Å². The Bertz CT molecular complexity index is 1130. The summed E-state index contributed by atoms with van der Waals surface area (Å²) in [5.74, 6) is 1.55. The number of aromatic hydroxyl groups is 5. The Labute approximate surface area is 229 Å². The number of phenols is 5. The molecular weight excluding hydrogens is 492 g/mol. The zero-order chi connectivity index (χ0) is 28.7. The van der Waals surface area contributed by atoms with E-state index in [0.717, 1.165) is 0 Å². The van der Waals surface area contributed by atoms with Gasteiger partial charge in [-0.15, -0.1) is 0 Å². The SMILES string of the molecule is CC(=O)Cc1ccccc1O.Oc1ccccc1.Oc1ccccc1.Oc1ccccc1.Oc1ccccc1. The molecule has 39 heavy (non-hydrogen) atoms. The summed E-state index contributed by atoms with van der Waals surface area (Å²) in [6, 6.07) is 41.7. The zero-order valence-electron chi connectivity index (χ0n) is 21.7. The molecule has 0 atom stereocenters. The van der Waals surface area contributed by atoms with E-state index in [2.05, 4.69) is 0 Å². The fourth-order valence-electron chi connectivity index (χ4n) is 2.64. The van der Waals surface area contributed by atoms with Gasteiger partial charge in [-0.1, -0.05) is 91.0 Å². The lowest BCUT2D eigenvalue weighted by Gasteiger charge is -1.99. The molecule has 0 aliphatic heterocycles. The molecule has 0 saturated heterocycles. The average Bonchev–Trinajstić information content (AvgIpc) is 2.93. The highest BCUT2D eigenvalue weighted by atomic mass is 16.3. The summed E-state index contributed by atoms with van der Waals surface area (Å²) in [5, 5.41) is 43.7. The second-order valence-electron chi connectivity index (χ2n) is 7.85. The van der Waals surface area contributed by atoms with Crippen LogP contribution in [0.5, 0.6) is 28.7 Å². The van der Waals surface area contributed by atoms with Crippen molar-refractivity contribution in [2.75, 3.05) is 0 Å². The van der Waals surface area contributed by atoms with Gasteiger partial charge >= 0.3 is 0 Å². The second kappa shape index (κ2) is 19.9. The minimum absolute atomic E-state index is 0.0616. The van der Waals surface area contributed by atoms with Gasteiger partial charge in [-0.25, -0.2) is 0 Å². The Morgan fingerprint density at radius 2 is 0.692 bits per heavy atom. The first-order valence-electron chi connectivity index (χ1n) is 12.0. The molecule has 6 heteroatoms. The molecule has 0 aliphatic rings. The van der Waals surface area contributed by atoms with Crippen molar-refractivity contribution in [3.8, 4) is 28.7 Å². The van der Waals surface area contributed by atoms with Crippen molar-refractivity contribution >= 4 is 5.78 Å². The fraction of sp³-hybridized carbons (Fsp3) is 0.0606. The molecule has 5 N–H and O–H groups in total. The minimum atomic E-state index is 0.0616. The standard InChI is InChI=1S/C9H10O2.4C6H6O/c1-7(10)6-8-4-2-3-5-9(8)11;4*7-6-4-2-1-3-5-6/h2-5,11H,6H2,1H3;4*1-5,7H. The number of hydrogen-bond acceptors (Lipinski definition) is 6. The number of ketones is 1. The molecule has 0 aromatic heterocycles. The highest BCUT2D eigenvalue weighted by Crippen LogP contribution is 2.15. The van der Waals surface area contributed by atoms with Gasteiger partial charge in [-0.3, -0.25) is 4.79 Å². The van der Waals surface area contributed by atoms with Crippen LogP contribution < -0.4 is 0 Å². The first-order chi connectivity index (χ1) is 18.8. The smallest absolute Gasteiger partial charge is 0.134 e. The molecule has 0 radical (unpaired) electrons. The van der Waals surface area contributed by atoms with E-state index < -0.39 is 0 Å². The van der Waals surface area contributed by atoms with E-state index in [4.69, 9.17) is 20.4 Å². The van der Waals surface area contributed by atoms with Crippen LogP contribution in [0.25, 0.3) is 0 Å². The van der Waals surface area contributed by atoms with Crippen LogP contribution >= 0.6 is 0 Å².